The molecule has 0 saturated heterocycles. The summed E-state index contributed by atoms with van der Waals surface area (Å²) in [6.07, 6.45) is -4.08. The first-order chi connectivity index (χ1) is 7.79. The molecule has 17 heavy (non-hydrogen) atoms. The highest BCUT2D eigenvalue weighted by Gasteiger charge is 2.28. The minimum atomic E-state index is -5.19. The van der Waals surface area contributed by atoms with Gasteiger partial charge < -0.3 is 15.6 Å². The van der Waals surface area contributed by atoms with Crippen LogP contribution in [0, 0.1) is 0 Å². The summed E-state index contributed by atoms with van der Waals surface area (Å²) in [5.41, 5.74) is 5.36. The summed E-state index contributed by atoms with van der Waals surface area (Å²) in [5.74, 6) is -3.01. The van der Waals surface area contributed by atoms with Crippen molar-refractivity contribution in [2.45, 2.75) is 25.6 Å². The Morgan fingerprint density at radius 1 is 1.35 bits per heavy atom. The smallest absolute Gasteiger partial charge is 0.430 e. The van der Waals surface area contributed by atoms with Gasteiger partial charge in [-0.05, 0) is 0 Å². The molecule has 0 aliphatic heterocycles. The fourth-order valence-electron chi connectivity index (χ4n) is 0.961. The number of hydrogen-bond acceptors (Lipinski definition) is 2. The monoisotopic (exact) mass is 249 g/mol. The maximum Gasteiger partial charge on any atom is 0.430 e. The van der Waals surface area contributed by atoms with E-state index in [1.807, 2.05) is 6.07 Å². The van der Waals surface area contributed by atoms with E-state index in [4.69, 9.17) is 9.90 Å². The molecular formula is C11H14F3NO2. The van der Waals surface area contributed by atoms with Gasteiger partial charge in [0.15, 0.2) is 0 Å². The molecule has 3 N–H and O–H groups in total. The van der Waals surface area contributed by atoms with Crippen molar-refractivity contribution in [2.24, 2.45) is 0 Å². The van der Waals surface area contributed by atoms with Crippen molar-refractivity contribution in [1.29, 1.82) is 0 Å². The largest absolute Gasteiger partial charge is 0.542 e. The third-order valence-electron chi connectivity index (χ3n) is 2.00. The van der Waals surface area contributed by atoms with Gasteiger partial charge in [0.2, 0.25) is 0 Å². The SMILES string of the molecule is CCC([NH3+])c1ccccc1.O=C([O-])C(F)(F)F. The van der Waals surface area contributed by atoms with Crippen molar-refractivity contribution < 1.29 is 28.8 Å². The van der Waals surface area contributed by atoms with Gasteiger partial charge in [-0.2, -0.15) is 13.2 Å². The molecule has 0 aliphatic rings. The topological polar surface area (TPSA) is 67.8 Å². The molecule has 0 amide bonds. The lowest BCUT2D eigenvalue weighted by molar-refractivity contribution is -0.427. The zero-order chi connectivity index (χ0) is 13.5. The van der Waals surface area contributed by atoms with E-state index in [1.54, 1.807) is 0 Å². The Balaban J connectivity index is 0.000000325. The second kappa shape index (κ2) is 6.90. The summed E-state index contributed by atoms with van der Waals surface area (Å²) in [6, 6.07) is 10.9. The first-order valence-electron chi connectivity index (χ1n) is 4.95. The molecule has 0 bridgehead atoms. The van der Waals surface area contributed by atoms with Crippen LogP contribution in [-0.4, -0.2) is 12.1 Å². The molecule has 3 nitrogen and oxygen atoms in total. The van der Waals surface area contributed by atoms with Gasteiger partial charge in [0, 0.05) is 12.0 Å². The Kier molecular flexibility index (Phi) is 6.27. The number of halogens is 3. The number of hydrogen-bond donors (Lipinski definition) is 1. The summed E-state index contributed by atoms with van der Waals surface area (Å²) in [5, 5.41) is 8.78. The second-order valence-electron chi connectivity index (χ2n) is 3.30. The molecule has 1 rings (SSSR count). The van der Waals surface area contributed by atoms with Gasteiger partial charge in [-0.15, -0.1) is 0 Å². The summed E-state index contributed by atoms with van der Waals surface area (Å²) in [6.45, 7) is 2.16. The second-order valence-corrected chi connectivity index (χ2v) is 3.30. The first kappa shape index (κ1) is 15.4. The van der Waals surface area contributed by atoms with Crippen LogP contribution < -0.4 is 10.8 Å². The number of alkyl halides is 3. The van der Waals surface area contributed by atoms with Crippen molar-refractivity contribution in [3.8, 4) is 0 Å². The molecule has 0 aliphatic carbocycles. The van der Waals surface area contributed by atoms with Crippen molar-refractivity contribution in [2.75, 3.05) is 0 Å². The molecule has 1 atom stereocenters. The minimum absolute atomic E-state index is 0.459. The van der Waals surface area contributed by atoms with E-state index in [2.05, 4.69) is 36.9 Å². The highest BCUT2D eigenvalue weighted by Crippen LogP contribution is 2.11. The van der Waals surface area contributed by atoms with Gasteiger partial charge in [0.1, 0.15) is 12.0 Å². The van der Waals surface area contributed by atoms with Crippen LogP contribution >= 0.6 is 0 Å². The summed E-state index contributed by atoms with van der Waals surface area (Å²) in [4.78, 5) is 8.78. The van der Waals surface area contributed by atoms with E-state index in [0.29, 0.717) is 6.04 Å². The Hall–Kier alpha value is -1.56. The van der Waals surface area contributed by atoms with Gasteiger partial charge >= 0.3 is 6.18 Å². The first-order valence-corrected chi connectivity index (χ1v) is 4.95. The molecule has 0 saturated carbocycles. The summed E-state index contributed by atoms with van der Waals surface area (Å²) >= 11 is 0. The van der Waals surface area contributed by atoms with Crippen LogP contribution in [0.4, 0.5) is 13.2 Å². The molecule has 1 unspecified atom stereocenters. The summed E-state index contributed by atoms with van der Waals surface area (Å²) in [7, 11) is 0. The molecule has 1 aromatic rings. The Bertz CT molecular complexity index is 338. The number of rotatable bonds is 2. The highest BCUT2D eigenvalue weighted by atomic mass is 19.4. The lowest BCUT2D eigenvalue weighted by atomic mass is 10.1. The van der Waals surface area contributed by atoms with Gasteiger partial charge in [0.25, 0.3) is 0 Å². The Morgan fingerprint density at radius 3 is 2.06 bits per heavy atom. The Morgan fingerprint density at radius 2 is 1.76 bits per heavy atom. The molecule has 1 aromatic carbocycles. The Labute approximate surface area is 97.1 Å². The number of carbonyl (C=O) groups excluding carboxylic acids is 1. The quantitative estimate of drug-likeness (QED) is 0.837. The predicted molar refractivity (Wildman–Crippen MR) is 53.4 cm³/mol. The van der Waals surface area contributed by atoms with Crippen LogP contribution in [-0.2, 0) is 4.79 Å². The lowest BCUT2D eigenvalue weighted by Gasteiger charge is -2.03. The van der Waals surface area contributed by atoms with Gasteiger partial charge in [-0.1, -0.05) is 37.3 Å². The average Bonchev–Trinajstić information content (AvgIpc) is 2.28. The zero-order valence-electron chi connectivity index (χ0n) is 9.33. The third-order valence-corrected chi connectivity index (χ3v) is 2.00. The highest BCUT2D eigenvalue weighted by molar-refractivity contribution is 5.70. The molecule has 0 heterocycles. The van der Waals surface area contributed by atoms with Crippen LogP contribution in [0.2, 0.25) is 0 Å². The standard InChI is InChI=1S/C9H13N.C2HF3O2/c1-2-9(10)8-6-4-3-5-7-8;3-2(4,5)1(6)7/h3-7,9H,2,10H2,1H3;(H,6,7). The number of benzene rings is 1. The van der Waals surface area contributed by atoms with E-state index in [-0.39, 0.29) is 0 Å². The normalized spacial score (nSPS) is 12.3. The average molecular weight is 249 g/mol. The number of carbonyl (C=O) groups is 1. The molecule has 0 radical (unpaired) electrons. The van der Waals surface area contributed by atoms with E-state index in [9.17, 15) is 13.2 Å². The fraction of sp³-hybridized carbons (Fsp3) is 0.364. The van der Waals surface area contributed by atoms with Crippen LogP contribution in [0.15, 0.2) is 30.3 Å². The molecule has 0 spiro atoms. The van der Waals surface area contributed by atoms with Crippen LogP contribution in [0.5, 0.6) is 0 Å². The van der Waals surface area contributed by atoms with Crippen molar-refractivity contribution >= 4 is 5.97 Å². The van der Waals surface area contributed by atoms with Crippen molar-refractivity contribution in [3.05, 3.63) is 35.9 Å². The van der Waals surface area contributed by atoms with Crippen molar-refractivity contribution in [3.63, 3.8) is 0 Å². The van der Waals surface area contributed by atoms with Crippen LogP contribution in [0.3, 0.4) is 0 Å². The van der Waals surface area contributed by atoms with Gasteiger partial charge in [0.05, 0.1) is 0 Å². The van der Waals surface area contributed by atoms with Gasteiger partial charge in [-0.25, -0.2) is 0 Å². The van der Waals surface area contributed by atoms with Crippen LogP contribution in [0.1, 0.15) is 24.9 Å². The molecule has 0 fully saturated rings. The number of aliphatic carboxylic acids is 1. The van der Waals surface area contributed by atoms with E-state index in [0.717, 1.165) is 6.42 Å². The molecule has 0 aromatic heterocycles. The number of quaternary nitrogens is 1. The van der Waals surface area contributed by atoms with E-state index < -0.39 is 12.1 Å². The zero-order valence-corrected chi connectivity index (χ0v) is 9.33. The molecular weight excluding hydrogens is 235 g/mol. The van der Waals surface area contributed by atoms with Gasteiger partial charge in [-0.3, -0.25) is 0 Å². The lowest BCUT2D eigenvalue weighted by Crippen LogP contribution is -2.53. The minimum Gasteiger partial charge on any atom is -0.542 e. The number of carboxylic acids is 1. The third kappa shape index (κ3) is 6.57. The fourth-order valence-corrected chi connectivity index (χ4v) is 0.961. The van der Waals surface area contributed by atoms with Crippen molar-refractivity contribution in [1.82, 2.24) is 0 Å². The van der Waals surface area contributed by atoms with E-state index in [1.165, 1.54) is 5.56 Å². The van der Waals surface area contributed by atoms with Crippen LogP contribution in [0.25, 0.3) is 0 Å². The number of carboxylic acid groups (broad SMARTS) is 1. The van der Waals surface area contributed by atoms with E-state index >= 15 is 0 Å². The maximum absolute atomic E-state index is 10.5. The molecule has 6 heteroatoms. The molecule has 96 valence electrons. The summed E-state index contributed by atoms with van der Waals surface area (Å²) < 4.78 is 31.5. The maximum atomic E-state index is 10.5. The predicted octanol–water partition coefficient (Wildman–Crippen LogP) is 0.678.